The van der Waals surface area contributed by atoms with Crippen molar-refractivity contribution in [3.63, 3.8) is 0 Å². The highest BCUT2D eigenvalue weighted by Gasteiger charge is 2.04. The van der Waals surface area contributed by atoms with E-state index in [1.807, 2.05) is 12.1 Å². The second-order valence-corrected chi connectivity index (χ2v) is 2.83. The Hall–Kier alpha value is -1.26. The Balaban J connectivity index is 2.62. The minimum atomic E-state index is -0.332. The van der Waals surface area contributed by atoms with Crippen molar-refractivity contribution in [1.29, 1.82) is 0 Å². The highest BCUT2D eigenvalue weighted by molar-refractivity contribution is 5.54. The number of hydrogen-bond acceptors (Lipinski definition) is 4. The molecule has 5 N–H and O–H groups in total. The molecule has 0 heterocycles. The lowest BCUT2D eigenvalue weighted by atomic mass is 10.2. The van der Waals surface area contributed by atoms with Crippen LogP contribution >= 0.6 is 0 Å². The van der Waals surface area contributed by atoms with Crippen LogP contribution in [0, 0.1) is 0 Å². The van der Waals surface area contributed by atoms with E-state index < -0.39 is 0 Å². The van der Waals surface area contributed by atoms with Gasteiger partial charge in [0.2, 0.25) is 0 Å². The third kappa shape index (κ3) is 2.93. The smallest absolute Gasteiger partial charge is 0.0723 e. The Labute approximate surface area is 77.0 Å². The summed E-state index contributed by atoms with van der Waals surface area (Å²) in [4.78, 5) is 0. The van der Waals surface area contributed by atoms with Crippen LogP contribution in [-0.2, 0) is 0 Å². The van der Waals surface area contributed by atoms with Crippen molar-refractivity contribution < 1.29 is 10.2 Å². The lowest BCUT2D eigenvalue weighted by Crippen LogP contribution is -2.27. The Morgan fingerprint density at radius 1 is 1.31 bits per heavy atom. The number of nitrogen functional groups attached to an aromatic ring is 1. The number of aliphatic hydroxyl groups is 2. The van der Waals surface area contributed by atoms with Gasteiger partial charge in [-0.1, -0.05) is 6.07 Å². The van der Waals surface area contributed by atoms with Crippen molar-refractivity contribution in [3.05, 3.63) is 24.3 Å². The van der Waals surface area contributed by atoms with Crippen LogP contribution in [0.3, 0.4) is 0 Å². The zero-order valence-electron chi connectivity index (χ0n) is 7.27. The molecular weight excluding hydrogens is 168 g/mol. The second-order valence-electron chi connectivity index (χ2n) is 2.83. The average molecular weight is 182 g/mol. The summed E-state index contributed by atoms with van der Waals surface area (Å²) in [7, 11) is 0. The molecule has 0 radical (unpaired) electrons. The van der Waals surface area contributed by atoms with Crippen LogP contribution in [0.15, 0.2) is 24.3 Å². The first-order valence-electron chi connectivity index (χ1n) is 4.10. The van der Waals surface area contributed by atoms with Crippen LogP contribution in [0.25, 0.3) is 0 Å². The van der Waals surface area contributed by atoms with Gasteiger partial charge in [0, 0.05) is 11.4 Å². The minimum Gasteiger partial charge on any atom is -0.399 e. The molecule has 4 heteroatoms. The molecule has 0 unspecified atom stereocenters. The first kappa shape index (κ1) is 9.83. The Morgan fingerprint density at radius 2 is 2.00 bits per heavy atom. The van der Waals surface area contributed by atoms with E-state index >= 15 is 0 Å². The fourth-order valence-corrected chi connectivity index (χ4v) is 1.01. The zero-order chi connectivity index (χ0) is 9.68. The summed E-state index contributed by atoms with van der Waals surface area (Å²) in [5.74, 6) is 0. The number of rotatable bonds is 4. The number of aliphatic hydroxyl groups excluding tert-OH is 2. The molecule has 0 aromatic heterocycles. The van der Waals surface area contributed by atoms with Gasteiger partial charge in [0.1, 0.15) is 0 Å². The van der Waals surface area contributed by atoms with E-state index in [-0.39, 0.29) is 19.3 Å². The summed E-state index contributed by atoms with van der Waals surface area (Å²) in [6, 6.07) is 6.83. The van der Waals surface area contributed by atoms with Crippen LogP contribution in [0.2, 0.25) is 0 Å². The van der Waals surface area contributed by atoms with E-state index in [1.54, 1.807) is 12.1 Å². The summed E-state index contributed by atoms with van der Waals surface area (Å²) >= 11 is 0. The monoisotopic (exact) mass is 182 g/mol. The van der Waals surface area contributed by atoms with Crippen LogP contribution < -0.4 is 11.1 Å². The van der Waals surface area contributed by atoms with Gasteiger partial charge in [0.05, 0.1) is 19.3 Å². The molecule has 4 nitrogen and oxygen atoms in total. The van der Waals surface area contributed by atoms with Gasteiger partial charge in [0.25, 0.3) is 0 Å². The number of benzene rings is 1. The van der Waals surface area contributed by atoms with Gasteiger partial charge in [-0.05, 0) is 18.2 Å². The van der Waals surface area contributed by atoms with E-state index in [0.29, 0.717) is 5.69 Å². The largest absolute Gasteiger partial charge is 0.399 e. The van der Waals surface area contributed by atoms with E-state index in [9.17, 15) is 0 Å². The third-order valence-electron chi connectivity index (χ3n) is 1.70. The van der Waals surface area contributed by atoms with Crippen LogP contribution in [0.4, 0.5) is 11.4 Å². The molecule has 1 rings (SSSR count). The summed E-state index contributed by atoms with van der Waals surface area (Å²) in [6.07, 6.45) is 0. The van der Waals surface area contributed by atoms with Crippen molar-refractivity contribution in [2.24, 2.45) is 0 Å². The molecule has 0 saturated heterocycles. The van der Waals surface area contributed by atoms with Gasteiger partial charge in [-0.15, -0.1) is 0 Å². The zero-order valence-corrected chi connectivity index (χ0v) is 7.27. The summed E-state index contributed by atoms with van der Waals surface area (Å²) in [5, 5.41) is 20.5. The van der Waals surface area contributed by atoms with E-state index in [2.05, 4.69) is 5.32 Å². The van der Waals surface area contributed by atoms with Crippen LogP contribution in [0.5, 0.6) is 0 Å². The van der Waals surface area contributed by atoms with Crippen molar-refractivity contribution >= 4 is 11.4 Å². The maximum Gasteiger partial charge on any atom is 0.0723 e. The van der Waals surface area contributed by atoms with Gasteiger partial charge in [0.15, 0.2) is 0 Å². The Bertz CT molecular complexity index is 262. The van der Waals surface area contributed by atoms with E-state index in [4.69, 9.17) is 15.9 Å². The van der Waals surface area contributed by atoms with Crippen molar-refractivity contribution in [3.8, 4) is 0 Å². The highest BCUT2D eigenvalue weighted by atomic mass is 16.3. The molecule has 0 saturated carbocycles. The fraction of sp³-hybridized carbons (Fsp3) is 0.333. The second kappa shape index (κ2) is 4.69. The van der Waals surface area contributed by atoms with Crippen LogP contribution in [-0.4, -0.2) is 29.5 Å². The number of hydrogen-bond donors (Lipinski definition) is 4. The van der Waals surface area contributed by atoms with Gasteiger partial charge >= 0.3 is 0 Å². The maximum absolute atomic E-state index is 8.80. The summed E-state index contributed by atoms with van der Waals surface area (Å²) in [5.41, 5.74) is 7.00. The minimum absolute atomic E-state index is 0.106. The van der Waals surface area contributed by atoms with Crippen molar-refractivity contribution in [2.45, 2.75) is 6.04 Å². The molecule has 0 spiro atoms. The molecule has 1 aromatic rings. The van der Waals surface area contributed by atoms with Crippen molar-refractivity contribution in [2.75, 3.05) is 24.3 Å². The Kier molecular flexibility index (Phi) is 3.54. The molecule has 0 bridgehead atoms. The highest BCUT2D eigenvalue weighted by Crippen LogP contribution is 2.12. The molecule has 13 heavy (non-hydrogen) atoms. The molecule has 72 valence electrons. The van der Waals surface area contributed by atoms with E-state index in [0.717, 1.165) is 5.69 Å². The van der Waals surface area contributed by atoms with Crippen molar-refractivity contribution in [1.82, 2.24) is 0 Å². The summed E-state index contributed by atoms with van der Waals surface area (Å²) < 4.78 is 0. The first-order chi connectivity index (χ1) is 6.26. The van der Waals surface area contributed by atoms with Gasteiger partial charge in [-0.25, -0.2) is 0 Å². The number of anilines is 2. The van der Waals surface area contributed by atoms with E-state index in [1.165, 1.54) is 0 Å². The predicted molar refractivity (Wildman–Crippen MR) is 52.4 cm³/mol. The number of nitrogens with one attached hydrogen (secondary N) is 1. The third-order valence-corrected chi connectivity index (χ3v) is 1.70. The van der Waals surface area contributed by atoms with Gasteiger partial charge in [-0.3, -0.25) is 0 Å². The lowest BCUT2D eigenvalue weighted by Gasteiger charge is -2.14. The normalized spacial score (nSPS) is 10.4. The predicted octanol–water partition coefficient (Wildman–Crippen LogP) is 0.0339. The SMILES string of the molecule is Nc1cccc(NC(CO)CO)c1. The molecule has 0 aliphatic carbocycles. The topological polar surface area (TPSA) is 78.5 Å². The maximum atomic E-state index is 8.80. The summed E-state index contributed by atoms with van der Waals surface area (Å²) in [6.45, 7) is -0.212. The Morgan fingerprint density at radius 3 is 2.54 bits per heavy atom. The molecule has 0 fully saturated rings. The molecule has 0 atom stereocenters. The molecule has 0 aliphatic rings. The quantitative estimate of drug-likeness (QED) is 0.495. The average Bonchev–Trinajstić information content (AvgIpc) is 2.14. The van der Waals surface area contributed by atoms with Crippen LogP contribution in [0.1, 0.15) is 0 Å². The van der Waals surface area contributed by atoms with Gasteiger partial charge in [-0.2, -0.15) is 0 Å². The lowest BCUT2D eigenvalue weighted by molar-refractivity contribution is 0.204. The fourth-order valence-electron chi connectivity index (χ4n) is 1.01. The molecular formula is C9H14N2O2. The molecule has 1 aromatic carbocycles. The van der Waals surface area contributed by atoms with Gasteiger partial charge < -0.3 is 21.3 Å². The standard InChI is InChI=1S/C9H14N2O2/c10-7-2-1-3-8(4-7)11-9(5-12)6-13/h1-4,9,11-13H,5-6,10H2. The molecule has 0 aliphatic heterocycles. The number of nitrogens with two attached hydrogens (primary N) is 1. The molecule has 0 amide bonds. The first-order valence-corrected chi connectivity index (χ1v) is 4.10.